The van der Waals surface area contributed by atoms with E-state index in [4.69, 9.17) is 0 Å². The molecule has 8 heteroatoms. The van der Waals surface area contributed by atoms with Crippen molar-refractivity contribution in [2.45, 2.75) is 25.3 Å². The molecule has 4 rings (SSSR count). The van der Waals surface area contributed by atoms with Gasteiger partial charge in [-0.2, -0.15) is 11.3 Å². The number of urea groups is 1. The molecule has 1 fully saturated rings. The predicted octanol–water partition coefficient (Wildman–Crippen LogP) is 2.11. The highest BCUT2D eigenvalue weighted by Crippen LogP contribution is 2.36. The van der Waals surface area contributed by atoms with Gasteiger partial charge in [-0.25, -0.2) is 4.79 Å². The van der Waals surface area contributed by atoms with Gasteiger partial charge in [0.05, 0.1) is 23.9 Å². The van der Waals surface area contributed by atoms with Gasteiger partial charge in [0.15, 0.2) is 0 Å². The van der Waals surface area contributed by atoms with Crippen LogP contribution in [0.2, 0.25) is 0 Å². The first-order valence-electron chi connectivity index (χ1n) is 9.61. The molecule has 1 atom stereocenters. The van der Waals surface area contributed by atoms with E-state index in [0.717, 1.165) is 30.6 Å². The summed E-state index contributed by atoms with van der Waals surface area (Å²) in [7, 11) is 0. The van der Waals surface area contributed by atoms with E-state index in [1.807, 2.05) is 21.7 Å². The van der Waals surface area contributed by atoms with Crippen molar-refractivity contribution in [2.24, 2.45) is 0 Å². The van der Waals surface area contributed by atoms with Crippen LogP contribution < -0.4 is 5.32 Å². The Balaban J connectivity index is 1.51. The molecule has 3 aliphatic heterocycles. The molecule has 7 nitrogen and oxygen atoms in total. The second-order valence-corrected chi connectivity index (χ2v) is 8.04. The molecule has 0 aromatic carbocycles. The zero-order valence-corrected chi connectivity index (χ0v) is 16.5. The van der Waals surface area contributed by atoms with Crippen molar-refractivity contribution in [2.75, 3.05) is 32.7 Å². The molecule has 4 amide bonds. The minimum Gasteiger partial charge on any atom is -0.343 e. The summed E-state index contributed by atoms with van der Waals surface area (Å²) in [4.78, 5) is 42.9. The zero-order chi connectivity index (χ0) is 19.7. The van der Waals surface area contributed by atoms with E-state index in [0.29, 0.717) is 38.2 Å². The van der Waals surface area contributed by atoms with Crippen LogP contribution in [0.3, 0.4) is 0 Å². The molecular formula is C20H24N4O3S. The highest BCUT2D eigenvalue weighted by Gasteiger charge is 2.43. The van der Waals surface area contributed by atoms with Crippen molar-refractivity contribution in [1.82, 2.24) is 20.0 Å². The number of amides is 4. The van der Waals surface area contributed by atoms with Crippen molar-refractivity contribution < 1.29 is 14.4 Å². The molecule has 1 N–H and O–H groups in total. The monoisotopic (exact) mass is 400 g/mol. The summed E-state index contributed by atoms with van der Waals surface area (Å²) in [5.41, 5.74) is 2.35. The first-order valence-corrected chi connectivity index (χ1v) is 10.6. The van der Waals surface area contributed by atoms with E-state index >= 15 is 0 Å². The Labute approximate surface area is 168 Å². The molecule has 0 bridgehead atoms. The average Bonchev–Trinajstić information content (AvgIpc) is 3.40. The first kappa shape index (κ1) is 18.7. The summed E-state index contributed by atoms with van der Waals surface area (Å²) in [6.45, 7) is 6.58. The smallest absolute Gasteiger partial charge is 0.322 e. The normalized spacial score (nSPS) is 22.2. The fourth-order valence-electron chi connectivity index (χ4n) is 4.13. The number of carbonyl (C=O) groups is 3. The van der Waals surface area contributed by atoms with E-state index in [-0.39, 0.29) is 17.8 Å². The van der Waals surface area contributed by atoms with Gasteiger partial charge < -0.3 is 15.1 Å². The summed E-state index contributed by atoms with van der Waals surface area (Å²) in [6, 6.07) is 1.33. The van der Waals surface area contributed by atoms with Crippen molar-refractivity contribution in [1.29, 1.82) is 0 Å². The van der Waals surface area contributed by atoms with Crippen molar-refractivity contribution in [3.05, 3.63) is 46.3 Å². The minimum absolute atomic E-state index is 0.0342. The average molecular weight is 401 g/mol. The molecule has 4 heterocycles. The van der Waals surface area contributed by atoms with Crippen LogP contribution in [0, 0.1) is 0 Å². The fraction of sp³-hybridized carbons (Fsp3) is 0.450. The largest absolute Gasteiger partial charge is 0.343 e. The third-order valence-corrected chi connectivity index (χ3v) is 6.21. The molecule has 148 valence electrons. The van der Waals surface area contributed by atoms with Crippen LogP contribution in [0.1, 0.15) is 30.9 Å². The lowest BCUT2D eigenvalue weighted by molar-refractivity contribution is -0.127. The van der Waals surface area contributed by atoms with Crippen LogP contribution in [0.25, 0.3) is 0 Å². The molecule has 1 aromatic rings. The molecule has 0 aliphatic carbocycles. The molecule has 0 saturated carbocycles. The molecule has 0 radical (unpaired) electrons. The second-order valence-electron chi connectivity index (χ2n) is 7.26. The van der Waals surface area contributed by atoms with Gasteiger partial charge in [-0.3, -0.25) is 14.5 Å². The highest BCUT2D eigenvalue weighted by molar-refractivity contribution is 7.08. The van der Waals surface area contributed by atoms with Crippen LogP contribution >= 0.6 is 11.3 Å². The maximum atomic E-state index is 13.2. The molecular weight excluding hydrogens is 376 g/mol. The van der Waals surface area contributed by atoms with Gasteiger partial charge in [-0.05, 0) is 35.2 Å². The van der Waals surface area contributed by atoms with Gasteiger partial charge in [0.2, 0.25) is 5.91 Å². The van der Waals surface area contributed by atoms with E-state index in [2.05, 4.69) is 11.9 Å². The fourth-order valence-corrected chi connectivity index (χ4v) is 4.82. The molecule has 28 heavy (non-hydrogen) atoms. The van der Waals surface area contributed by atoms with Crippen LogP contribution in [-0.4, -0.2) is 65.3 Å². The lowest BCUT2D eigenvalue weighted by Gasteiger charge is -2.32. The number of nitrogens with zero attached hydrogens (tertiary/aromatic N) is 3. The Hall–Kier alpha value is -2.61. The number of carbonyl (C=O) groups excluding carboxylic acids is 3. The van der Waals surface area contributed by atoms with Gasteiger partial charge in [0.25, 0.3) is 5.91 Å². The Morgan fingerprint density at radius 2 is 2.07 bits per heavy atom. The van der Waals surface area contributed by atoms with E-state index in [1.165, 1.54) is 0 Å². The molecule has 0 spiro atoms. The summed E-state index contributed by atoms with van der Waals surface area (Å²) < 4.78 is 0. The quantitative estimate of drug-likeness (QED) is 0.713. The summed E-state index contributed by atoms with van der Waals surface area (Å²) in [5, 5.41) is 6.88. The van der Waals surface area contributed by atoms with Gasteiger partial charge >= 0.3 is 6.03 Å². The van der Waals surface area contributed by atoms with Gasteiger partial charge in [-0.1, -0.05) is 6.08 Å². The third kappa shape index (κ3) is 3.32. The predicted molar refractivity (Wildman–Crippen MR) is 107 cm³/mol. The number of nitrogens with one attached hydrogen (secondary N) is 1. The number of hydrogen-bond donors (Lipinski definition) is 1. The van der Waals surface area contributed by atoms with Gasteiger partial charge in [0.1, 0.15) is 0 Å². The SMILES string of the molecule is C=CCN1C(=O)NC(c2ccsc2)C2=C1CN(CCCN1CCCC1=O)C2=O. The van der Waals surface area contributed by atoms with Crippen LogP contribution in [-0.2, 0) is 9.59 Å². The lowest BCUT2D eigenvalue weighted by Crippen LogP contribution is -2.47. The Morgan fingerprint density at radius 3 is 2.75 bits per heavy atom. The Kier molecular flexibility index (Phi) is 5.21. The highest BCUT2D eigenvalue weighted by atomic mass is 32.1. The first-order chi connectivity index (χ1) is 13.6. The van der Waals surface area contributed by atoms with Crippen molar-refractivity contribution in [3.8, 4) is 0 Å². The molecule has 1 saturated heterocycles. The van der Waals surface area contributed by atoms with E-state index in [9.17, 15) is 14.4 Å². The number of hydrogen-bond acceptors (Lipinski definition) is 4. The maximum Gasteiger partial charge on any atom is 0.322 e. The molecule has 1 aromatic heterocycles. The van der Waals surface area contributed by atoms with Crippen LogP contribution in [0.15, 0.2) is 40.8 Å². The van der Waals surface area contributed by atoms with E-state index in [1.54, 1.807) is 27.2 Å². The molecule has 1 unspecified atom stereocenters. The summed E-state index contributed by atoms with van der Waals surface area (Å²) in [6.07, 6.45) is 3.96. The Morgan fingerprint density at radius 1 is 1.25 bits per heavy atom. The second kappa shape index (κ2) is 7.79. The molecule has 3 aliphatic rings. The van der Waals surface area contributed by atoms with Crippen molar-refractivity contribution >= 4 is 29.2 Å². The van der Waals surface area contributed by atoms with Crippen LogP contribution in [0.5, 0.6) is 0 Å². The van der Waals surface area contributed by atoms with Crippen LogP contribution in [0.4, 0.5) is 4.79 Å². The van der Waals surface area contributed by atoms with Gasteiger partial charge in [0, 0.05) is 32.6 Å². The number of rotatable bonds is 7. The third-order valence-electron chi connectivity index (χ3n) is 5.51. The van der Waals surface area contributed by atoms with Crippen molar-refractivity contribution in [3.63, 3.8) is 0 Å². The maximum absolute atomic E-state index is 13.2. The number of likely N-dealkylation sites (tertiary alicyclic amines) is 1. The lowest BCUT2D eigenvalue weighted by atomic mass is 9.98. The summed E-state index contributed by atoms with van der Waals surface area (Å²) in [5.74, 6) is 0.169. The topological polar surface area (TPSA) is 73.0 Å². The standard InChI is InChI=1S/C20H24N4O3S/c1-2-7-24-15-12-23(10-4-9-22-8-3-5-16(22)25)19(26)17(15)18(21-20(24)27)14-6-11-28-13-14/h2,6,11,13,18H,1,3-5,7-10,12H2,(H,21,27). The van der Waals surface area contributed by atoms with E-state index < -0.39 is 6.04 Å². The zero-order valence-electron chi connectivity index (χ0n) is 15.7. The summed E-state index contributed by atoms with van der Waals surface area (Å²) >= 11 is 1.54. The Bertz CT molecular complexity index is 833. The van der Waals surface area contributed by atoms with Gasteiger partial charge in [-0.15, -0.1) is 6.58 Å². The minimum atomic E-state index is -0.410. The number of thiophene rings is 1.